The van der Waals surface area contributed by atoms with Crippen LogP contribution in [0.1, 0.15) is 46.5 Å². The topological polar surface area (TPSA) is 9.23 Å². The third-order valence-corrected chi connectivity index (χ3v) is 10.1. The molecule has 0 heterocycles. The van der Waals surface area contributed by atoms with Crippen molar-refractivity contribution in [2.75, 3.05) is 0 Å². The van der Waals surface area contributed by atoms with Gasteiger partial charge in [0.05, 0.1) is 6.10 Å². The minimum Gasteiger partial charge on any atom is -0.413 e. The zero-order chi connectivity index (χ0) is 11.3. The highest BCUT2D eigenvalue weighted by atomic mass is 127. The molecule has 0 aliphatic heterocycles. The Balaban J connectivity index is 2.56. The van der Waals surface area contributed by atoms with Crippen molar-refractivity contribution < 1.29 is 4.43 Å². The SMILES string of the molecule is CC[Si](CC)(CC)O[C@@H]1CCCC[C@H]1I. The predicted octanol–water partition coefficient (Wildman–Crippen LogP) is 4.75. The monoisotopic (exact) mass is 340 g/mol. The summed E-state index contributed by atoms with van der Waals surface area (Å²) in [5.74, 6) is 0. The van der Waals surface area contributed by atoms with Crippen LogP contribution in [-0.2, 0) is 4.43 Å². The molecule has 2 atom stereocenters. The molecule has 1 rings (SSSR count). The molecule has 15 heavy (non-hydrogen) atoms. The molecule has 1 aliphatic carbocycles. The first-order chi connectivity index (χ1) is 7.17. The number of hydrogen-bond acceptors (Lipinski definition) is 1. The lowest BCUT2D eigenvalue weighted by Gasteiger charge is -2.37. The molecule has 0 radical (unpaired) electrons. The van der Waals surface area contributed by atoms with Gasteiger partial charge in [-0.25, -0.2) is 0 Å². The number of hydrogen-bond donors (Lipinski definition) is 0. The minimum absolute atomic E-state index is 0.575. The van der Waals surface area contributed by atoms with E-state index in [0.29, 0.717) is 6.10 Å². The van der Waals surface area contributed by atoms with Crippen LogP contribution in [0.2, 0.25) is 18.1 Å². The van der Waals surface area contributed by atoms with Crippen molar-refractivity contribution in [3.8, 4) is 0 Å². The van der Waals surface area contributed by atoms with Gasteiger partial charge in [-0.05, 0) is 31.0 Å². The van der Waals surface area contributed by atoms with Crippen LogP contribution in [0.5, 0.6) is 0 Å². The lowest BCUT2D eigenvalue weighted by molar-refractivity contribution is 0.153. The molecule has 1 aliphatic rings. The normalized spacial score (nSPS) is 28.0. The van der Waals surface area contributed by atoms with Gasteiger partial charge in [-0.1, -0.05) is 56.2 Å². The molecule has 0 aromatic carbocycles. The average molecular weight is 340 g/mol. The van der Waals surface area contributed by atoms with E-state index >= 15 is 0 Å². The molecule has 0 N–H and O–H groups in total. The Morgan fingerprint density at radius 3 is 2.07 bits per heavy atom. The van der Waals surface area contributed by atoms with Gasteiger partial charge in [0.25, 0.3) is 0 Å². The molecule has 0 saturated heterocycles. The Kier molecular flexibility index (Phi) is 6.14. The van der Waals surface area contributed by atoms with E-state index in [1.807, 2.05) is 0 Å². The molecule has 0 bridgehead atoms. The lowest BCUT2D eigenvalue weighted by Crippen LogP contribution is -2.43. The van der Waals surface area contributed by atoms with E-state index in [4.69, 9.17) is 4.43 Å². The molecule has 0 spiro atoms. The van der Waals surface area contributed by atoms with Gasteiger partial charge in [0.2, 0.25) is 0 Å². The smallest absolute Gasteiger partial charge is 0.192 e. The molecule has 90 valence electrons. The molecule has 1 saturated carbocycles. The summed E-state index contributed by atoms with van der Waals surface area (Å²) in [5.41, 5.74) is 0. The molecular formula is C12H25IOSi. The average Bonchev–Trinajstić information content (AvgIpc) is 2.29. The van der Waals surface area contributed by atoms with Crippen molar-refractivity contribution in [3.63, 3.8) is 0 Å². The zero-order valence-corrected chi connectivity index (χ0v) is 13.5. The quantitative estimate of drug-likeness (QED) is 0.398. The van der Waals surface area contributed by atoms with Gasteiger partial charge in [0, 0.05) is 3.92 Å². The highest BCUT2D eigenvalue weighted by molar-refractivity contribution is 14.1. The molecule has 1 fully saturated rings. The van der Waals surface area contributed by atoms with Gasteiger partial charge in [-0.15, -0.1) is 0 Å². The highest BCUT2D eigenvalue weighted by Crippen LogP contribution is 2.32. The highest BCUT2D eigenvalue weighted by Gasteiger charge is 2.35. The largest absolute Gasteiger partial charge is 0.413 e. The van der Waals surface area contributed by atoms with Gasteiger partial charge < -0.3 is 4.43 Å². The van der Waals surface area contributed by atoms with Gasteiger partial charge in [-0.3, -0.25) is 0 Å². The van der Waals surface area contributed by atoms with Gasteiger partial charge in [0.15, 0.2) is 8.32 Å². The van der Waals surface area contributed by atoms with Crippen LogP contribution in [0.15, 0.2) is 0 Å². The Bertz CT molecular complexity index is 174. The van der Waals surface area contributed by atoms with Crippen LogP contribution >= 0.6 is 22.6 Å². The van der Waals surface area contributed by atoms with Crippen molar-refractivity contribution in [3.05, 3.63) is 0 Å². The van der Waals surface area contributed by atoms with Crippen LogP contribution < -0.4 is 0 Å². The van der Waals surface area contributed by atoms with E-state index in [0.717, 1.165) is 3.92 Å². The summed E-state index contributed by atoms with van der Waals surface area (Å²) in [6.07, 6.45) is 6.04. The number of alkyl halides is 1. The molecule has 0 aromatic heterocycles. The first kappa shape index (κ1) is 14.0. The maximum atomic E-state index is 6.57. The first-order valence-electron chi connectivity index (χ1n) is 6.49. The Labute approximate surface area is 110 Å². The van der Waals surface area contributed by atoms with Crippen LogP contribution in [0, 0.1) is 0 Å². The van der Waals surface area contributed by atoms with Crippen molar-refractivity contribution >= 4 is 30.9 Å². The summed E-state index contributed by atoms with van der Waals surface area (Å²) in [5, 5.41) is 0. The van der Waals surface area contributed by atoms with Crippen LogP contribution in [-0.4, -0.2) is 18.3 Å². The van der Waals surface area contributed by atoms with Crippen molar-refractivity contribution in [1.29, 1.82) is 0 Å². The van der Waals surface area contributed by atoms with E-state index in [-0.39, 0.29) is 0 Å². The summed E-state index contributed by atoms with van der Waals surface area (Å²) in [6, 6.07) is 3.87. The third-order valence-electron chi connectivity index (χ3n) is 3.96. The van der Waals surface area contributed by atoms with Crippen LogP contribution in [0.4, 0.5) is 0 Å². The second-order valence-corrected chi connectivity index (χ2v) is 11.0. The Morgan fingerprint density at radius 2 is 1.60 bits per heavy atom. The molecular weight excluding hydrogens is 315 g/mol. The molecule has 3 heteroatoms. The van der Waals surface area contributed by atoms with Crippen LogP contribution in [0.3, 0.4) is 0 Å². The van der Waals surface area contributed by atoms with Gasteiger partial charge in [-0.2, -0.15) is 0 Å². The minimum atomic E-state index is -1.35. The number of rotatable bonds is 5. The van der Waals surface area contributed by atoms with E-state index in [1.54, 1.807) is 0 Å². The third kappa shape index (κ3) is 3.70. The van der Waals surface area contributed by atoms with Crippen molar-refractivity contribution in [1.82, 2.24) is 0 Å². The summed E-state index contributed by atoms with van der Waals surface area (Å²) in [7, 11) is -1.35. The molecule has 1 nitrogen and oxygen atoms in total. The van der Waals surface area contributed by atoms with Gasteiger partial charge in [0.1, 0.15) is 0 Å². The number of halogens is 1. The summed E-state index contributed by atoms with van der Waals surface area (Å²) < 4.78 is 7.34. The Morgan fingerprint density at radius 1 is 1.07 bits per heavy atom. The second-order valence-electron chi connectivity index (χ2n) is 4.70. The molecule has 0 unspecified atom stereocenters. The Hall–Kier alpha value is 0.907. The van der Waals surface area contributed by atoms with Crippen LogP contribution in [0.25, 0.3) is 0 Å². The van der Waals surface area contributed by atoms with E-state index < -0.39 is 8.32 Å². The van der Waals surface area contributed by atoms with E-state index in [1.165, 1.54) is 43.8 Å². The fourth-order valence-electron chi connectivity index (χ4n) is 2.51. The maximum Gasteiger partial charge on any atom is 0.192 e. The first-order valence-corrected chi connectivity index (χ1v) is 10.3. The van der Waals surface area contributed by atoms with Gasteiger partial charge >= 0.3 is 0 Å². The fraction of sp³-hybridized carbons (Fsp3) is 1.00. The standard InChI is InChI=1S/C12H25IOSi/c1-4-15(5-2,6-3)14-12-10-8-7-9-11(12)13/h11-12H,4-10H2,1-3H3/t11-,12-/m1/s1. The summed E-state index contributed by atoms with van der Waals surface area (Å²) in [4.78, 5) is 0. The lowest BCUT2D eigenvalue weighted by atomic mass is 9.98. The molecule has 0 amide bonds. The maximum absolute atomic E-state index is 6.57. The second kappa shape index (κ2) is 6.60. The van der Waals surface area contributed by atoms with Crippen molar-refractivity contribution in [2.45, 2.75) is 74.6 Å². The van der Waals surface area contributed by atoms with E-state index in [2.05, 4.69) is 43.4 Å². The van der Waals surface area contributed by atoms with E-state index in [9.17, 15) is 0 Å². The predicted molar refractivity (Wildman–Crippen MR) is 78.3 cm³/mol. The molecule has 0 aromatic rings. The summed E-state index contributed by atoms with van der Waals surface area (Å²) >= 11 is 2.61. The zero-order valence-electron chi connectivity index (χ0n) is 10.4. The van der Waals surface area contributed by atoms with Crippen molar-refractivity contribution in [2.24, 2.45) is 0 Å². The summed E-state index contributed by atoms with van der Waals surface area (Å²) in [6.45, 7) is 6.97. The fourth-order valence-corrected chi connectivity index (χ4v) is 6.65.